The molecule has 0 aliphatic heterocycles. The van der Waals surface area contributed by atoms with Crippen LogP contribution in [0.1, 0.15) is 45.1 Å². The second-order valence-corrected chi connectivity index (χ2v) is 6.36. The van der Waals surface area contributed by atoms with Gasteiger partial charge in [0.2, 0.25) is 0 Å². The van der Waals surface area contributed by atoms with Crippen molar-refractivity contribution in [2.24, 2.45) is 0 Å². The van der Waals surface area contributed by atoms with Crippen molar-refractivity contribution in [1.82, 2.24) is 10.2 Å². The summed E-state index contributed by atoms with van der Waals surface area (Å²) in [5.41, 5.74) is 1.34. The molecule has 0 aromatic heterocycles. The van der Waals surface area contributed by atoms with E-state index >= 15 is 0 Å². The molecule has 1 aromatic carbocycles. The average molecular weight is 311 g/mol. The molecular weight excluding hydrogens is 286 g/mol. The second kappa shape index (κ2) is 8.38. The Morgan fingerprint density at radius 2 is 2.00 bits per heavy atom. The first-order valence-corrected chi connectivity index (χ1v) is 8.32. The zero-order chi connectivity index (χ0) is 16.7. The second-order valence-electron chi connectivity index (χ2n) is 6.36. The number of nitrogens with one attached hydrogen (secondary N) is 1. The Bertz CT molecular complexity index is 580. The number of nitriles is 1. The van der Waals surface area contributed by atoms with Gasteiger partial charge in [-0.2, -0.15) is 5.26 Å². The van der Waals surface area contributed by atoms with E-state index in [0.717, 1.165) is 31.2 Å². The third kappa shape index (κ3) is 5.14. The molecule has 0 unspecified atom stereocenters. The maximum absolute atomic E-state index is 12.3. The van der Waals surface area contributed by atoms with Crippen molar-refractivity contribution in [3.05, 3.63) is 47.7 Å². The molecule has 1 saturated carbocycles. The molecule has 122 valence electrons. The molecule has 1 aromatic rings. The minimum absolute atomic E-state index is 0.182. The molecule has 23 heavy (non-hydrogen) atoms. The Morgan fingerprint density at radius 1 is 1.35 bits per heavy atom. The van der Waals surface area contributed by atoms with Crippen molar-refractivity contribution >= 4 is 5.91 Å². The average Bonchev–Trinajstić information content (AvgIpc) is 3.04. The van der Waals surface area contributed by atoms with Gasteiger partial charge in [0.15, 0.2) is 0 Å². The number of rotatable bonds is 6. The lowest BCUT2D eigenvalue weighted by Gasteiger charge is -2.25. The van der Waals surface area contributed by atoms with Gasteiger partial charge in [0, 0.05) is 24.8 Å². The van der Waals surface area contributed by atoms with E-state index in [1.54, 1.807) is 6.20 Å². The van der Waals surface area contributed by atoms with Gasteiger partial charge in [-0.1, -0.05) is 43.2 Å². The number of benzene rings is 1. The fraction of sp³-hybridized carbons (Fsp3) is 0.474. The van der Waals surface area contributed by atoms with Crippen molar-refractivity contribution in [2.45, 2.75) is 58.2 Å². The van der Waals surface area contributed by atoms with Crippen LogP contribution in [0.4, 0.5) is 0 Å². The van der Waals surface area contributed by atoms with E-state index in [0.29, 0.717) is 6.54 Å². The highest BCUT2D eigenvalue weighted by molar-refractivity contribution is 5.97. The molecule has 4 heteroatoms. The van der Waals surface area contributed by atoms with Crippen molar-refractivity contribution in [2.75, 3.05) is 0 Å². The van der Waals surface area contributed by atoms with E-state index in [4.69, 9.17) is 0 Å². The van der Waals surface area contributed by atoms with E-state index in [1.807, 2.05) is 35.2 Å². The predicted octanol–water partition coefficient (Wildman–Crippen LogP) is 3.36. The zero-order valence-electron chi connectivity index (χ0n) is 14.0. The Kier molecular flexibility index (Phi) is 6.22. The predicted molar refractivity (Wildman–Crippen MR) is 91.2 cm³/mol. The number of hydrogen-bond donors (Lipinski definition) is 1. The van der Waals surface area contributed by atoms with Crippen molar-refractivity contribution < 1.29 is 4.79 Å². The Labute approximate surface area is 138 Å². The highest BCUT2D eigenvalue weighted by Crippen LogP contribution is 2.18. The van der Waals surface area contributed by atoms with E-state index in [1.165, 1.54) is 0 Å². The topological polar surface area (TPSA) is 56.1 Å². The summed E-state index contributed by atoms with van der Waals surface area (Å²) in [6, 6.07) is 12.6. The third-order valence-corrected chi connectivity index (χ3v) is 4.22. The van der Waals surface area contributed by atoms with Crippen molar-refractivity contribution in [1.29, 1.82) is 5.26 Å². The lowest BCUT2D eigenvalue weighted by Crippen LogP contribution is -2.34. The lowest BCUT2D eigenvalue weighted by molar-refractivity contribution is -0.117. The minimum Gasteiger partial charge on any atom is -0.369 e. The molecule has 0 spiro atoms. The number of hydrogen-bond acceptors (Lipinski definition) is 3. The van der Waals surface area contributed by atoms with Crippen LogP contribution in [0.5, 0.6) is 0 Å². The van der Waals surface area contributed by atoms with Crippen LogP contribution in [0.25, 0.3) is 0 Å². The molecule has 1 amide bonds. The van der Waals surface area contributed by atoms with Crippen LogP contribution in [0.2, 0.25) is 0 Å². The fourth-order valence-electron chi connectivity index (χ4n) is 2.81. The van der Waals surface area contributed by atoms with Gasteiger partial charge in [-0.15, -0.1) is 0 Å². The molecule has 4 nitrogen and oxygen atoms in total. The standard InChI is InChI=1S/C19H25N3O/c1-15(2)22(13-16-8-4-3-5-9-16)14-17(12-20)19(23)21-18-10-6-7-11-18/h3-5,8-9,14-15,18H,6-7,10-11,13H2,1-2H3,(H,21,23)/b17-14-. The maximum Gasteiger partial charge on any atom is 0.263 e. The molecule has 0 bridgehead atoms. The summed E-state index contributed by atoms with van der Waals surface area (Å²) in [6.45, 7) is 4.80. The van der Waals surface area contributed by atoms with Crippen LogP contribution in [-0.2, 0) is 11.3 Å². The minimum atomic E-state index is -0.252. The van der Waals surface area contributed by atoms with E-state index in [9.17, 15) is 10.1 Å². The van der Waals surface area contributed by atoms with Gasteiger partial charge in [-0.05, 0) is 32.3 Å². The van der Waals surface area contributed by atoms with Crippen molar-refractivity contribution in [3.8, 4) is 6.07 Å². The van der Waals surface area contributed by atoms with Crippen LogP contribution in [0.3, 0.4) is 0 Å². The molecule has 0 radical (unpaired) electrons. The monoisotopic (exact) mass is 311 g/mol. The van der Waals surface area contributed by atoms with Crippen LogP contribution < -0.4 is 5.32 Å². The first-order chi connectivity index (χ1) is 11.1. The SMILES string of the molecule is CC(C)N(/C=C(/C#N)C(=O)NC1CCCC1)Cc1ccccc1. The molecular formula is C19H25N3O. The van der Waals surface area contributed by atoms with Gasteiger partial charge in [0.25, 0.3) is 5.91 Å². The summed E-state index contributed by atoms with van der Waals surface area (Å²) in [7, 11) is 0. The third-order valence-electron chi connectivity index (χ3n) is 4.22. The van der Waals surface area contributed by atoms with Crippen LogP contribution in [0, 0.1) is 11.3 Å². The van der Waals surface area contributed by atoms with Gasteiger partial charge >= 0.3 is 0 Å². The molecule has 1 aliphatic carbocycles. The lowest BCUT2D eigenvalue weighted by atomic mass is 10.1. The van der Waals surface area contributed by atoms with Crippen LogP contribution >= 0.6 is 0 Å². The van der Waals surface area contributed by atoms with Gasteiger partial charge in [0.05, 0.1) is 0 Å². The number of nitrogens with zero attached hydrogens (tertiary/aromatic N) is 2. The summed E-state index contributed by atoms with van der Waals surface area (Å²) < 4.78 is 0. The number of amides is 1. The normalized spacial score (nSPS) is 15.5. The first kappa shape index (κ1) is 17.1. The molecule has 1 fully saturated rings. The van der Waals surface area contributed by atoms with E-state index in [2.05, 4.69) is 25.2 Å². The molecule has 2 rings (SSSR count). The summed E-state index contributed by atoms with van der Waals surface area (Å²) >= 11 is 0. The largest absolute Gasteiger partial charge is 0.369 e. The molecule has 0 saturated heterocycles. The Hall–Kier alpha value is -2.28. The smallest absolute Gasteiger partial charge is 0.263 e. The molecule has 0 heterocycles. The van der Waals surface area contributed by atoms with Crippen LogP contribution in [0.15, 0.2) is 42.1 Å². The van der Waals surface area contributed by atoms with Gasteiger partial charge in [-0.25, -0.2) is 0 Å². The van der Waals surface area contributed by atoms with Crippen LogP contribution in [-0.4, -0.2) is 22.9 Å². The molecule has 1 N–H and O–H groups in total. The first-order valence-electron chi connectivity index (χ1n) is 8.32. The van der Waals surface area contributed by atoms with Gasteiger partial charge in [0.1, 0.15) is 11.6 Å². The quantitative estimate of drug-likeness (QED) is 0.647. The fourth-order valence-corrected chi connectivity index (χ4v) is 2.81. The highest BCUT2D eigenvalue weighted by atomic mass is 16.1. The number of carbonyl (C=O) groups is 1. The molecule has 1 aliphatic rings. The van der Waals surface area contributed by atoms with E-state index < -0.39 is 0 Å². The van der Waals surface area contributed by atoms with Crippen molar-refractivity contribution in [3.63, 3.8) is 0 Å². The number of carbonyl (C=O) groups excluding carboxylic acids is 1. The Balaban J connectivity index is 2.08. The van der Waals surface area contributed by atoms with Gasteiger partial charge < -0.3 is 10.2 Å². The summed E-state index contributed by atoms with van der Waals surface area (Å²) in [4.78, 5) is 14.3. The Morgan fingerprint density at radius 3 is 2.57 bits per heavy atom. The maximum atomic E-state index is 12.3. The highest BCUT2D eigenvalue weighted by Gasteiger charge is 2.20. The van der Waals surface area contributed by atoms with E-state index in [-0.39, 0.29) is 23.6 Å². The summed E-state index contributed by atoms with van der Waals surface area (Å²) in [5.74, 6) is -0.252. The van der Waals surface area contributed by atoms with Gasteiger partial charge in [-0.3, -0.25) is 4.79 Å². The molecule has 0 atom stereocenters. The summed E-state index contributed by atoms with van der Waals surface area (Å²) in [5, 5.41) is 12.3. The summed E-state index contributed by atoms with van der Waals surface area (Å²) in [6.07, 6.45) is 6.04. The zero-order valence-corrected chi connectivity index (χ0v) is 14.0.